The van der Waals surface area contributed by atoms with Crippen molar-refractivity contribution in [3.05, 3.63) is 59.7 Å². The topological polar surface area (TPSA) is 105 Å². The first-order valence-electron chi connectivity index (χ1n) is 11.0. The van der Waals surface area contributed by atoms with Crippen LogP contribution in [-0.2, 0) is 20.7 Å². The van der Waals surface area contributed by atoms with Crippen molar-refractivity contribution in [3.8, 4) is 11.5 Å². The number of nitrogens with one attached hydrogen (secondary N) is 1. The van der Waals surface area contributed by atoms with E-state index in [1.54, 1.807) is 12.1 Å². The maximum absolute atomic E-state index is 13.5. The van der Waals surface area contributed by atoms with Gasteiger partial charge in [-0.25, -0.2) is 0 Å². The number of ether oxygens (including phenoxy) is 2. The van der Waals surface area contributed by atoms with Gasteiger partial charge in [0.05, 0.1) is 6.10 Å². The molecule has 13 heteroatoms. The fourth-order valence-electron chi connectivity index (χ4n) is 4.36. The van der Waals surface area contributed by atoms with E-state index in [2.05, 4.69) is 10.1 Å². The second-order valence-electron chi connectivity index (χ2n) is 8.40. The molecule has 202 valence electrons. The Hall–Kier alpha value is -2.90. The van der Waals surface area contributed by atoms with Gasteiger partial charge in [0.1, 0.15) is 30.2 Å². The molecule has 0 bridgehead atoms. The Morgan fingerprint density at radius 1 is 1.11 bits per heavy atom. The number of benzene rings is 2. The number of phenolic OH excluding ortho intramolecular Hbond substituents is 1. The van der Waals surface area contributed by atoms with Crippen LogP contribution in [0.2, 0.25) is 0 Å². The lowest BCUT2D eigenvalue weighted by Crippen LogP contribution is -2.58. The Kier molecular flexibility index (Phi) is 10.3. The molecule has 2 aliphatic rings. The standard InChI is InChI=1S/C24H23F3N2O6.2H2S/c25-24(26,27)35-17-9-5-15(6-10-17)22(32)28-18(12-14-3-7-16(30)8-4-14)23(33)29-11-1-2-20-21(29)19(31)13-34-20;;/h3-10,18,20-21,30H,1-2,11-13H2,(H,28,32);2*1H2/t18-,20+,21+;;/m0../s1. The van der Waals surface area contributed by atoms with Crippen LogP contribution >= 0.6 is 27.0 Å². The third-order valence-electron chi connectivity index (χ3n) is 5.96. The number of rotatable bonds is 6. The molecule has 2 aromatic carbocycles. The van der Waals surface area contributed by atoms with E-state index in [1.807, 2.05) is 0 Å². The maximum atomic E-state index is 13.5. The summed E-state index contributed by atoms with van der Waals surface area (Å²) in [6.07, 6.45) is -3.88. The van der Waals surface area contributed by atoms with Gasteiger partial charge in [0.25, 0.3) is 5.91 Å². The Morgan fingerprint density at radius 3 is 2.38 bits per heavy atom. The highest BCUT2D eigenvalue weighted by molar-refractivity contribution is 7.59. The second kappa shape index (κ2) is 12.6. The van der Waals surface area contributed by atoms with E-state index in [0.29, 0.717) is 24.9 Å². The van der Waals surface area contributed by atoms with Crippen LogP contribution in [0.3, 0.4) is 0 Å². The van der Waals surface area contributed by atoms with Crippen LogP contribution in [0.1, 0.15) is 28.8 Å². The van der Waals surface area contributed by atoms with Gasteiger partial charge in [0, 0.05) is 18.5 Å². The summed E-state index contributed by atoms with van der Waals surface area (Å²) < 4.78 is 46.5. The number of alkyl halides is 3. The van der Waals surface area contributed by atoms with Crippen molar-refractivity contribution >= 4 is 44.6 Å². The molecule has 2 fully saturated rings. The first-order chi connectivity index (χ1) is 16.6. The molecule has 2 aromatic rings. The molecule has 0 spiro atoms. The number of amides is 2. The molecular weight excluding hydrogens is 533 g/mol. The van der Waals surface area contributed by atoms with Gasteiger partial charge in [-0.05, 0) is 54.8 Å². The summed E-state index contributed by atoms with van der Waals surface area (Å²) in [7, 11) is 0. The van der Waals surface area contributed by atoms with Crippen LogP contribution in [0, 0.1) is 0 Å². The lowest BCUT2D eigenvalue weighted by atomic mass is 9.95. The smallest absolute Gasteiger partial charge is 0.508 e. The molecule has 2 saturated heterocycles. The number of likely N-dealkylation sites (tertiary alicyclic amines) is 1. The Morgan fingerprint density at radius 2 is 1.76 bits per heavy atom. The van der Waals surface area contributed by atoms with E-state index >= 15 is 0 Å². The van der Waals surface area contributed by atoms with Crippen LogP contribution in [0.25, 0.3) is 0 Å². The van der Waals surface area contributed by atoms with Crippen LogP contribution < -0.4 is 10.1 Å². The van der Waals surface area contributed by atoms with Gasteiger partial charge >= 0.3 is 6.36 Å². The summed E-state index contributed by atoms with van der Waals surface area (Å²) in [6, 6.07) is 8.65. The normalized spacial score (nSPS) is 19.6. The van der Waals surface area contributed by atoms with Crippen LogP contribution in [0.15, 0.2) is 48.5 Å². The molecule has 2 aliphatic heterocycles. The van der Waals surface area contributed by atoms with Gasteiger partial charge < -0.3 is 24.8 Å². The SMILES string of the molecule is O=C(N[C@@H](Cc1ccc(O)cc1)C(=O)N1CCC[C@H]2OCC(=O)[C@H]21)c1ccc(OC(F)(F)F)cc1.S.S. The van der Waals surface area contributed by atoms with Gasteiger partial charge in [-0.3, -0.25) is 14.4 Å². The summed E-state index contributed by atoms with van der Waals surface area (Å²) >= 11 is 0. The second-order valence-corrected chi connectivity index (χ2v) is 8.40. The van der Waals surface area contributed by atoms with Gasteiger partial charge in [0.2, 0.25) is 5.91 Å². The number of fused-ring (bicyclic) bond motifs is 1. The molecule has 2 amide bonds. The molecule has 0 radical (unpaired) electrons. The van der Waals surface area contributed by atoms with Gasteiger partial charge in [-0.15, -0.1) is 13.2 Å². The molecule has 37 heavy (non-hydrogen) atoms. The average molecular weight is 561 g/mol. The summed E-state index contributed by atoms with van der Waals surface area (Å²) in [6.45, 7) is 0.265. The monoisotopic (exact) mass is 560 g/mol. The zero-order chi connectivity index (χ0) is 25.2. The summed E-state index contributed by atoms with van der Waals surface area (Å²) in [5.41, 5.74) is 0.678. The predicted molar refractivity (Wildman–Crippen MR) is 136 cm³/mol. The summed E-state index contributed by atoms with van der Waals surface area (Å²) in [4.78, 5) is 40.3. The minimum absolute atomic E-state index is 0. The van der Waals surface area contributed by atoms with Crippen molar-refractivity contribution < 1.29 is 42.1 Å². The predicted octanol–water partition coefficient (Wildman–Crippen LogP) is 2.82. The molecular formula is C24H27F3N2O6S2. The summed E-state index contributed by atoms with van der Waals surface area (Å²) in [5.74, 6) is -1.78. The van der Waals surface area contributed by atoms with E-state index in [9.17, 15) is 32.7 Å². The Bertz CT molecular complexity index is 1100. The van der Waals surface area contributed by atoms with Crippen molar-refractivity contribution in [1.82, 2.24) is 10.2 Å². The minimum atomic E-state index is -4.86. The lowest BCUT2D eigenvalue weighted by molar-refractivity contribution is -0.274. The number of carbonyl (C=O) groups is 3. The molecule has 2 N–H and O–H groups in total. The van der Waals surface area contributed by atoms with Gasteiger partial charge in [-0.1, -0.05) is 12.1 Å². The van der Waals surface area contributed by atoms with E-state index in [0.717, 1.165) is 24.3 Å². The molecule has 3 atom stereocenters. The number of aromatic hydroxyl groups is 1. The first-order valence-corrected chi connectivity index (χ1v) is 11.0. The number of nitrogens with zero attached hydrogens (tertiary/aromatic N) is 1. The van der Waals surface area contributed by atoms with Crippen LogP contribution in [0.4, 0.5) is 13.2 Å². The number of hydrogen-bond donors (Lipinski definition) is 2. The fraction of sp³-hybridized carbons (Fsp3) is 0.375. The van der Waals surface area contributed by atoms with Crippen molar-refractivity contribution in [1.29, 1.82) is 0 Å². The fourth-order valence-corrected chi connectivity index (χ4v) is 4.36. The molecule has 0 unspecified atom stereocenters. The number of hydrogen-bond acceptors (Lipinski definition) is 6. The van der Waals surface area contributed by atoms with Crippen molar-refractivity contribution in [2.45, 2.75) is 43.8 Å². The zero-order valence-corrected chi connectivity index (χ0v) is 21.5. The average Bonchev–Trinajstić information content (AvgIpc) is 3.20. The third kappa shape index (κ3) is 7.55. The third-order valence-corrected chi connectivity index (χ3v) is 5.96. The van der Waals surface area contributed by atoms with Crippen molar-refractivity contribution in [3.63, 3.8) is 0 Å². The Balaban J connectivity index is 0.00000241. The van der Waals surface area contributed by atoms with Crippen molar-refractivity contribution in [2.24, 2.45) is 0 Å². The molecule has 0 saturated carbocycles. The van der Waals surface area contributed by atoms with E-state index < -0.39 is 36.0 Å². The number of ketones is 1. The number of carbonyl (C=O) groups excluding carboxylic acids is 3. The van der Waals surface area contributed by atoms with Crippen molar-refractivity contribution in [2.75, 3.05) is 13.2 Å². The van der Waals surface area contributed by atoms with E-state index in [4.69, 9.17) is 4.74 Å². The number of phenols is 1. The molecule has 0 aromatic heterocycles. The first kappa shape index (κ1) is 30.3. The zero-order valence-electron chi connectivity index (χ0n) is 19.5. The van der Waals surface area contributed by atoms with E-state index in [-0.39, 0.29) is 63.2 Å². The minimum Gasteiger partial charge on any atom is -0.508 e. The highest BCUT2D eigenvalue weighted by Gasteiger charge is 2.45. The van der Waals surface area contributed by atoms with Crippen LogP contribution in [0.5, 0.6) is 11.5 Å². The summed E-state index contributed by atoms with van der Waals surface area (Å²) in [5, 5.41) is 12.2. The van der Waals surface area contributed by atoms with Gasteiger partial charge in [0.15, 0.2) is 5.78 Å². The van der Waals surface area contributed by atoms with Crippen LogP contribution in [-0.4, -0.2) is 65.3 Å². The molecule has 8 nitrogen and oxygen atoms in total. The van der Waals surface area contributed by atoms with E-state index in [1.165, 1.54) is 17.0 Å². The highest BCUT2D eigenvalue weighted by atomic mass is 32.1. The highest BCUT2D eigenvalue weighted by Crippen LogP contribution is 2.28. The Labute approximate surface area is 225 Å². The maximum Gasteiger partial charge on any atom is 0.573 e. The largest absolute Gasteiger partial charge is 0.573 e. The van der Waals surface area contributed by atoms with Gasteiger partial charge in [-0.2, -0.15) is 27.0 Å². The lowest BCUT2D eigenvalue weighted by Gasteiger charge is -2.37. The quantitative estimate of drug-likeness (QED) is 0.563. The molecule has 4 rings (SSSR count). The molecule has 2 heterocycles. The number of halogens is 3. The number of Topliss-reactive ketones (excluding diaryl/α,β-unsaturated/α-hetero) is 1. The molecule has 0 aliphatic carbocycles. The number of piperidine rings is 1.